The quantitative estimate of drug-likeness (QED) is 0.297. The second kappa shape index (κ2) is 12.7. The third kappa shape index (κ3) is 6.01. The normalized spacial score (nSPS) is 20.6. The molecule has 3 saturated heterocycles. The molecule has 1 atom stereocenters. The number of aromatic hydroxyl groups is 1. The number of hydrogen-bond acceptors (Lipinski definition) is 9. The number of benzene rings is 3. The molecule has 252 valence electrons. The fourth-order valence-electron chi connectivity index (χ4n) is 7.65. The highest BCUT2D eigenvalue weighted by atomic mass is 16.5. The van der Waals surface area contributed by atoms with E-state index in [4.69, 9.17) is 4.74 Å². The average molecular weight is 663 g/mol. The number of nitrogens with zero attached hydrogens (tertiary/aromatic N) is 5. The summed E-state index contributed by atoms with van der Waals surface area (Å²) in [6.07, 6.45) is 6.32. The van der Waals surface area contributed by atoms with Gasteiger partial charge >= 0.3 is 0 Å². The molecule has 4 aromatic rings. The first-order valence-corrected chi connectivity index (χ1v) is 17.0. The third-order valence-electron chi connectivity index (χ3n) is 10.4. The Morgan fingerprint density at radius 1 is 0.755 bits per heavy atom. The molecule has 3 amide bonds. The van der Waals surface area contributed by atoms with Crippen LogP contribution in [0.5, 0.6) is 5.75 Å². The maximum atomic E-state index is 13.1. The Hall–Kier alpha value is -5.23. The summed E-state index contributed by atoms with van der Waals surface area (Å²) in [7, 11) is 0. The van der Waals surface area contributed by atoms with Crippen LogP contribution in [-0.4, -0.2) is 81.7 Å². The molecule has 0 saturated carbocycles. The third-order valence-corrected chi connectivity index (χ3v) is 10.4. The minimum atomic E-state index is -0.606. The summed E-state index contributed by atoms with van der Waals surface area (Å²) in [5.41, 5.74) is 4.78. The number of ether oxygens (including phenoxy) is 1. The molecule has 3 fully saturated rings. The summed E-state index contributed by atoms with van der Waals surface area (Å²) < 4.78 is 8.09. The van der Waals surface area contributed by atoms with Gasteiger partial charge in [0.25, 0.3) is 11.5 Å². The van der Waals surface area contributed by atoms with Crippen molar-refractivity contribution >= 4 is 40.0 Å². The lowest BCUT2D eigenvalue weighted by atomic mass is 10.0. The first kappa shape index (κ1) is 31.1. The smallest absolute Gasteiger partial charge is 0.265 e. The highest BCUT2D eigenvalue weighted by Gasteiger charge is 2.39. The van der Waals surface area contributed by atoms with Gasteiger partial charge in [-0.05, 0) is 98.3 Å². The van der Waals surface area contributed by atoms with Gasteiger partial charge in [-0.15, -0.1) is 0 Å². The lowest BCUT2D eigenvalue weighted by Gasteiger charge is -2.38. The molecule has 0 spiro atoms. The van der Waals surface area contributed by atoms with Crippen molar-refractivity contribution in [3.8, 4) is 11.4 Å². The Morgan fingerprint density at radius 2 is 1.41 bits per heavy atom. The molecule has 4 aliphatic heterocycles. The predicted molar refractivity (Wildman–Crippen MR) is 183 cm³/mol. The van der Waals surface area contributed by atoms with Crippen molar-refractivity contribution in [3.63, 3.8) is 0 Å². The summed E-state index contributed by atoms with van der Waals surface area (Å²) in [5.74, 6) is -0.787. The maximum absolute atomic E-state index is 13.1. The second-order valence-electron chi connectivity index (χ2n) is 13.4. The summed E-state index contributed by atoms with van der Waals surface area (Å²) in [4.78, 5) is 60.8. The van der Waals surface area contributed by atoms with Gasteiger partial charge in [-0.2, -0.15) is 0 Å². The van der Waals surface area contributed by atoms with Gasteiger partial charge in [0.1, 0.15) is 18.1 Å². The zero-order valence-corrected chi connectivity index (χ0v) is 27.1. The highest BCUT2D eigenvalue weighted by Crippen LogP contribution is 2.32. The molecule has 1 aromatic heterocycles. The van der Waals surface area contributed by atoms with E-state index in [0.29, 0.717) is 29.4 Å². The van der Waals surface area contributed by atoms with Crippen LogP contribution in [0.3, 0.4) is 0 Å². The van der Waals surface area contributed by atoms with Crippen molar-refractivity contribution < 1.29 is 24.2 Å². The molecule has 2 N–H and O–H groups in total. The van der Waals surface area contributed by atoms with Crippen LogP contribution in [-0.2, 0) is 20.9 Å². The maximum Gasteiger partial charge on any atom is 0.265 e. The Balaban J connectivity index is 0.823. The summed E-state index contributed by atoms with van der Waals surface area (Å²) in [6, 6.07) is 17.9. The van der Waals surface area contributed by atoms with Crippen molar-refractivity contribution in [2.24, 2.45) is 0 Å². The van der Waals surface area contributed by atoms with Gasteiger partial charge < -0.3 is 24.5 Å². The summed E-state index contributed by atoms with van der Waals surface area (Å²) in [6.45, 7) is 3.91. The lowest BCUT2D eigenvalue weighted by Crippen LogP contribution is -2.52. The van der Waals surface area contributed by atoms with Crippen LogP contribution in [0.1, 0.15) is 54.4 Å². The van der Waals surface area contributed by atoms with Crippen LogP contribution in [0.4, 0.5) is 11.4 Å². The molecule has 49 heavy (non-hydrogen) atoms. The average Bonchev–Trinajstić information content (AvgIpc) is 3.44. The molecule has 12 nitrogen and oxygen atoms in total. The fraction of sp³-hybridized carbons (Fsp3) is 0.378. The number of imide groups is 1. The van der Waals surface area contributed by atoms with Crippen molar-refractivity contribution in [1.82, 2.24) is 19.8 Å². The molecule has 0 radical (unpaired) electrons. The Bertz CT molecular complexity index is 2000. The van der Waals surface area contributed by atoms with E-state index >= 15 is 0 Å². The standard InChI is InChI=1S/C37H38N6O6/c44-27-6-8-32-31(20-27)37(48)43(22-38-32)25-3-1-24(2-4-25)40-15-11-28(12-16-40)49-29-13-17-41(18-14-29)26-5-7-30-23(19-26)21-42(36(30)47)33-9-10-34(45)39-35(33)46/h1-8,19-20,22,28-29,33,44H,9-18,21H2,(H,39,45,46). The zero-order valence-electron chi connectivity index (χ0n) is 27.1. The first-order chi connectivity index (χ1) is 23.8. The van der Waals surface area contributed by atoms with Crippen LogP contribution in [0.15, 0.2) is 71.8 Å². The predicted octanol–water partition coefficient (Wildman–Crippen LogP) is 3.51. The van der Waals surface area contributed by atoms with Crippen molar-refractivity contribution in [1.29, 1.82) is 0 Å². The molecule has 0 bridgehead atoms. The minimum Gasteiger partial charge on any atom is -0.508 e. The lowest BCUT2D eigenvalue weighted by molar-refractivity contribution is -0.136. The highest BCUT2D eigenvalue weighted by molar-refractivity contribution is 6.05. The van der Waals surface area contributed by atoms with Crippen LogP contribution in [0.25, 0.3) is 16.6 Å². The molecular formula is C37H38N6O6. The Morgan fingerprint density at radius 3 is 2.10 bits per heavy atom. The van der Waals surface area contributed by atoms with E-state index in [1.54, 1.807) is 11.0 Å². The first-order valence-electron chi connectivity index (χ1n) is 17.0. The summed E-state index contributed by atoms with van der Waals surface area (Å²) >= 11 is 0. The number of aromatic nitrogens is 2. The number of carbonyl (C=O) groups excluding carboxylic acids is 3. The van der Waals surface area contributed by atoms with Gasteiger partial charge in [0.2, 0.25) is 11.8 Å². The van der Waals surface area contributed by atoms with Crippen LogP contribution < -0.4 is 20.7 Å². The van der Waals surface area contributed by atoms with Gasteiger partial charge in [-0.3, -0.25) is 29.1 Å². The Labute approximate surface area is 282 Å². The molecular weight excluding hydrogens is 624 g/mol. The van der Waals surface area contributed by atoms with Crippen molar-refractivity contribution in [2.45, 2.75) is 63.3 Å². The molecule has 1 unspecified atom stereocenters. The topological polar surface area (TPSA) is 137 Å². The Kier molecular flexibility index (Phi) is 8.03. The van der Waals surface area contributed by atoms with Gasteiger partial charge in [0.15, 0.2) is 0 Å². The SMILES string of the molecule is O=C1CCC(N2Cc3cc(N4CCC(OC5CCN(c6ccc(-n7cnc8ccc(O)cc8c7=O)cc6)CC5)CC4)ccc3C2=O)C(=O)N1. The number of phenolic OH excluding ortho intramolecular Hbond substituents is 1. The second-order valence-corrected chi connectivity index (χ2v) is 13.4. The van der Waals surface area contributed by atoms with E-state index in [-0.39, 0.29) is 41.8 Å². The number of hydrogen-bond donors (Lipinski definition) is 2. The monoisotopic (exact) mass is 662 g/mol. The summed E-state index contributed by atoms with van der Waals surface area (Å²) in [5, 5.41) is 12.6. The number of carbonyl (C=O) groups is 3. The van der Waals surface area contributed by atoms with E-state index in [9.17, 15) is 24.3 Å². The molecule has 0 aliphatic carbocycles. The number of fused-ring (bicyclic) bond motifs is 2. The van der Waals surface area contributed by atoms with E-state index in [2.05, 4.69) is 26.2 Å². The zero-order chi connectivity index (χ0) is 33.6. The molecule has 8 rings (SSSR count). The number of phenols is 1. The van der Waals surface area contributed by atoms with Gasteiger partial charge in [0, 0.05) is 56.1 Å². The van der Waals surface area contributed by atoms with Crippen molar-refractivity contribution in [3.05, 3.63) is 88.5 Å². The van der Waals surface area contributed by atoms with E-state index in [0.717, 1.165) is 74.5 Å². The molecule has 3 aromatic carbocycles. The van der Waals surface area contributed by atoms with Crippen molar-refractivity contribution in [2.75, 3.05) is 36.0 Å². The number of anilines is 2. The fourth-order valence-corrected chi connectivity index (χ4v) is 7.65. The number of piperidine rings is 3. The van der Waals surface area contributed by atoms with Gasteiger partial charge in [-0.1, -0.05) is 0 Å². The number of amides is 3. The number of nitrogens with one attached hydrogen (secondary N) is 1. The van der Waals surface area contributed by atoms with E-state index < -0.39 is 11.9 Å². The molecule has 12 heteroatoms. The van der Waals surface area contributed by atoms with Gasteiger partial charge in [0.05, 0.1) is 28.8 Å². The van der Waals surface area contributed by atoms with Crippen LogP contribution in [0, 0.1) is 0 Å². The van der Waals surface area contributed by atoms with E-state index in [1.165, 1.54) is 23.0 Å². The van der Waals surface area contributed by atoms with Crippen LogP contribution >= 0.6 is 0 Å². The minimum absolute atomic E-state index is 0.0368. The van der Waals surface area contributed by atoms with Crippen LogP contribution in [0.2, 0.25) is 0 Å². The van der Waals surface area contributed by atoms with Gasteiger partial charge in [-0.25, -0.2) is 4.98 Å². The molecule has 5 heterocycles. The molecule has 4 aliphatic rings. The number of rotatable bonds is 6. The van der Waals surface area contributed by atoms with E-state index in [1.807, 2.05) is 36.4 Å². The largest absolute Gasteiger partial charge is 0.508 e.